The zero-order valence-corrected chi connectivity index (χ0v) is 18.2. The zero-order valence-electron chi connectivity index (χ0n) is 17.4. The van der Waals surface area contributed by atoms with E-state index in [1.165, 1.54) is 16.8 Å². The molecule has 1 aliphatic heterocycles. The molecule has 0 atom stereocenters. The van der Waals surface area contributed by atoms with Crippen LogP contribution >= 0.6 is 11.5 Å². The van der Waals surface area contributed by atoms with E-state index in [-0.39, 0.29) is 16.9 Å². The van der Waals surface area contributed by atoms with Gasteiger partial charge in [0.05, 0.1) is 5.52 Å². The number of amides is 1. The molecule has 0 unspecified atom stereocenters. The van der Waals surface area contributed by atoms with Gasteiger partial charge in [-0.1, -0.05) is 19.1 Å². The number of anilines is 1. The lowest BCUT2D eigenvalue weighted by Gasteiger charge is -2.36. The summed E-state index contributed by atoms with van der Waals surface area (Å²) in [7, 11) is 0. The Labute approximate surface area is 177 Å². The van der Waals surface area contributed by atoms with Gasteiger partial charge < -0.3 is 14.8 Å². The number of hydrogen-bond acceptors (Lipinski definition) is 6. The van der Waals surface area contributed by atoms with Crippen LogP contribution in [0.4, 0.5) is 5.69 Å². The van der Waals surface area contributed by atoms with E-state index in [9.17, 15) is 14.4 Å². The number of H-pyrrole nitrogens is 1. The highest BCUT2D eigenvalue weighted by Crippen LogP contribution is 2.25. The van der Waals surface area contributed by atoms with Gasteiger partial charge in [0.25, 0.3) is 11.5 Å². The Morgan fingerprint density at radius 2 is 1.90 bits per heavy atom. The van der Waals surface area contributed by atoms with Gasteiger partial charge in [-0.3, -0.25) is 14.2 Å². The van der Waals surface area contributed by atoms with Crippen LogP contribution in [-0.2, 0) is 6.54 Å². The van der Waals surface area contributed by atoms with Crippen molar-refractivity contribution in [3.63, 3.8) is 0 Å². The van der Waals surface area contributed by atoms with Gasteiger partial charge >= 0.3 is 5.69 Å². The predicted octanol–water partition coefficient (Wildman–Crippen LogP) is 2.14. The Bertz CT molecular complexity index is 1220. The largest absolute Gasteiger partial charge is 0.368 e. The van der Waals surface area contributed by atoms with Gasteiger partial charge in [0.2, 0.25) is 0 Å². The third-order valence-corrected chi connectivity index (χ3v) is 6.58. The maximum absolute atomic E-state index is 13.1. The van der Waals surface area contributed by atoms with E-state index < -0.39 is 11.2 Å². The number of aromatic amines is 1. The van der Waals surface area contributed by atoms with Crippen molar-refractivity contribution >= 4 is 34.2 Å². The summed E-state index contributed by atoms with van der Waals surface area (Å²) in [6, 6.07) is 6.27. The maximum atomic E-state index is 13.1. The Morgan fingerprint density at radius 1 is 1.17 bits per heavy atom. The van der Waals surface area contributed by atoms with Crippen molar-refractivity contribution in [3.8, 4) is 0 Å². The van der Waals surface area contributed by atoms with Gasteiger partial charge in [-0.2, -0.15) is 4.37 Å². The predicted molar refractivity (Wildman–Crippen MR) is 119 cm³/mol. The summed E-state index contributed by atoms with van der Waals surface area (Å²) < 4.78 is 5.32. The molecule has 3 heterocycles. The molecule has 0 saturated carbocycles. The number of nitrogens with one attached hydrogen (secondary N) is 1. The topological polar surface area (TPSA) is 91.3 Å². The molecule has 30 heavy (non-hydrogen) atoms. The third-order valence-electron chi connectivity index (χ3n) is 5.74. The van der Waals surface area contributed by atoms with Crippen molar-refractivity contribution in [3.05, 3.63) is 55.0 Å². The summed E-state index contributed by atoms with van der Waals surface area (Å²) in [4.78, 5) is 45.1. The minimum absolute atomic E-state index is 0.158. The van der Waals surface area contributed by atoms with Gasteiger partial charge in [0.15, 0.2) is 5.52 Å². The van der Waals surface area contributed by atoms with Crippen molar-refractivity contribution in [2.75, 3.05) is 31.1 Å². The number of benzene rings is 1. The van der Waals surface area contributed by atoms with Gasteiger partial charge in [-0.05, 0) is 49.0 Å². The van der Waals surface area contributed by atoms with E-state index in [0.29, 0.717) is 30.9 Å². The molecule has 0 radical (unpaired) electrons. The van der Waals surface area contributed by atoms with Crippen LogP contribution in [0.3, 0.4) is 0 Å². The molecule has 3 aromatic rings. The summed E-state index contributed by atoms with van der Waals surface area (Å²) in [5.41, 5.74) is 3.18. The molecule has 2 aromatic heterocycles. The van der Waals surface area contributed by atoms with Crippen LogP contribution in [0.5, 0.6) is 0 Å². The monoisotopic (exact) mass is 427 g/mol. The first kappa shape index (κ1) is 20.3. The summed E-state index contributed by atoms with van der Waals surface area (Å²) in [5, 5.41) is 0. The van der Waals surface area contributed by atoms with Gasteiger partial charge in [-0.25, -0.2) is 4.79 Å². The second-order valence-electron chi connectivity index (χ2n) is 7.62. The molecule has 8 nitrogen and oxygen atoms in total. The fraction of sp³-hybridized carbons (Fsp3) is 0.429. The molecule has 1 aromatic carbocycles. The summed E-state index contributed by atoms with van der Waals surface area (Å²) in [6.45, 7) is 9.04. The zero-order chi connectivity index (χ0) is 21.4. The first-order chi connectivity index (χ1) is 14.4. The number of aromatic nitrogens is 3. The minimum Gasteiger partial charge on any atom is -0.368 e. The maximum Gasteiger partial charge on any atom is 0.328 e. The Morgan fingerprint density at radius 3 is 2.60 bits per heavy atom. The molecule has 1 saturated heterocycles. The summed E-state index contributed by atoms with van der Waals surface area (Å²) in [5.74, 6) is -0.189. The number of rotatable bonds is 4. The van der Waals surface area contributed by atoms with Crippen molar-refractivity contribution in [1.29, 1.82) is 0 Å². The van der Waals surface area contributed by atoms with Crippen LogP contribution in [-0.4, -0.2) is 50.9 Å². The number of fused-ring (bicyclic) bond motifs is 1. The number of nitrogens with zero attached hydrogens (tertiary/aromatic N) is 4. The lowest BCUT2D eigenvalue weighted by atomic mass is 10.1. The Kier molecular flexibility index (Phi) is 5.46. The van der Waals surface area contributed by atoms with Crippen LogP contribution in [0.15, 0.2) is 27.8 Å². The SMILES string of the molecule is CCCn1c(=O)[nH]c2c(C(=O)N3CCN(c4cccc(C)c4C)CC3)snc2c1=O. The molecule has 1 fully saturated rings. The third kappa shape index (κ3) is 3.43. The minimum atomic E-state index is -0.497. The molecule has 0 aliphatic carbocycles. The normalized spacial score (nSPS) is 14.5. The summed E-state index contributed by atoms with van der Waals surface area (Å²) in [6.07, 6.45) is 0.662. The van der Waals surface area contributed by atoms with Crippen LogP contribution in [0, 0.1) is 13.8 Å². The number of aryl methyl sites for hydroxylation is 1. The highest BCUT2D eigenvalue weighted by molar-refractivity contribution is 7.09. The number of carbonyl (C=O) groups is 1. The van der Waals surface area contributed by atoms with E-state index >= 15 is 0 Å². The molecule has 1 aliphatic rings. The molecular weight excluding hydrogens is 402 g/mol. The Balaban J connectivity index is 1.56. The van der Waals surface area contributed by atoms with E-state index in [1.54, 1.807) is 4.90 Å². The average molecular weight is 428 g/mol. The van der Waals surface area contributed by atoms with Crippen molar-refractivity contribution in [2.24, 2.45) is 0 Å². The molecule has 1 N–H and O–H groups in total. The lowest BCUT2D eigenvalue weighted by Crippen LogP contribution is -2.49. The quantitative estimate of drug-likeness (QED) is 0.689. The fourth-order valence-corrected chi connectivity index (χ4v) is 4.69. The lowest BCUT2D eigenvalue weighted by molar-refractivity contribution is 0.0753. The molecular formula is C21H25N5O3S. The van der Waals surface area contributed by atoms with Gasteiger partial charge in [0, 0.05) is 38.4 Å². The number of piperazine rings is 1. The fourth-order valence-electron chi connectivity index (χ4n) is 3.89. The van der Waals surface area contributed by atoms with Crippen LogP contribution in [0.1, 0.15) is 34.1 Å². The van der Waals surface area contributed by atoms with Crippen molar-refractivity contribution in [2.45, 2.75) is 33.7 Å². The molecule has 0 bridgehead atoms. The van der Waals surface area contributed by atoms with Gasteiger partial charge in [0.1, 0.15) is 4.88 Å². The van der Waals surface area contributed by atoms with Crippen molar-refractivity contribution < 1.29 is 4.79 Å². The molecule has 0 spiro atoms. The second kappa shape index (κ2) is 8.06. The smallest absolute Gasteiger partial charge is 0.328 e. The van der Waals surface area contributed by atoms with Crippen LogP contribution < -0.4 is 16.1 Å². The first-order valence-electron chi connectivity index (χ1n) is 10.1. The second-order valence-corrected chi connectivity index (χ2v) is 8.39. The van der Waals surface area contributed by atoms with Crippen LogP contribution in [0.25, 0.3) is 11.0 Å². The van der Waals surface area contributed by atoms with E-state index in [4.69, 9.17) is 0 Å². The highest BCUT2D eigenvalue weighted by atomic mass is 32.1. The highest BCUT2D eigenvalue weighted by Gasteiger charge is 2.27. The average Bonchev–Trinajstić information content (AvgIpc) is 3.16. The first-order valence-corrected chi connectivity index (χ1v) is 10.9. The van der Waals surface area contributed by atoms with E-state index in [2.05, 4.69) is 46.3 Å². The molecule has 4 rings (SSSR count). The number of carbonyl (C=O) groups excluding carboxylic acids is 1. The standard InChI is InChI=1S/C21H25N5O3S/c1-4-8-26-19(27)17-16(22-21(26)29)18(30-23-17)20(28)25-11-9-24(10-12-25)15-7-5-6-13(2)14(15)3/h5-7H,4,8-12H2,1-3H3,(H,22,29). The van der Waals surface area contributed by atoms with Crippen LogP contribution in [0.2, 0.25) is 0 Å². The summed E-state index contributed by atoms with van der Waals surface area (Å²) >= 11 is 0.978. The van der Waals surface area contributed by atoms with E-state index in [0.717, 1.165) is 29.2 Å². The molecule has 1 amide bonds. The number of hydrogen-bond donors (Lipinski definition) is 1. The van der Waals surface area contributed by atoms with Crippen molar-refractivity contribution in [1.82, 2.24) is 18.8 Å². The molecule has 158 valence electrons. The van der Waals surface area contributed by atoms with Gasteiger partial charge in [-0.15, -0.1) is 0 Å². The Hall–Kier alpha value is -2.94. The van der Waals surface area contributed by atoms with E-state index in [1.807, 2.05) is 6.92 Å². The molecule has 9 heteroatoms.